The van der Waals surface area contributed by atoms with Gasteiger partial charge in [-0.25, -0.2) is 9.97 Å². The molecule has 2 aromatic carbocycles. The van der Waals surface area contributed by atoms with Gasteiger partial charge in [-0.15, -0.1) is 0 Å². The fourth-order valence-electron chi connectivity index (χ4n) is 4.40. The number of carbonyl (C=O) groups excluding carboxylic acids is 1. The van der Waals surface area contributed by atoms with Crippen molar-refractivity contribution in [3.05, 3.63) is 60.4 Å². The van der Waals surface area contributed by atoms with Crippen LogP contribution in [-0.2, 0) is 11.3 Å². The third-order valence-electron chi connectivity index (χ3n) is 6.01. The molecule has 1 saturated heterocycles. The fraction of sp³-hybridized carbons (Fsp3) is 0.320. The molecule has 2 aliphatic rings. The van der Waals surface area contributed by atoms with E-state index in [1.165, 1.54) is 6.33 Å². The highest BCUT2D eigenvalue weighted by Gasteiger charge is 2.30. The van der Waals surface area contributed by atoms with Gasteiger partial charge in [-0.1, -0.05) is 12.1 Å². The lowest BCUT2D eigenvalue weighted by Gasteiger charge is -2.24. The number of methoxy groups -OCH3 is 1. The lowest BCUT2D eigenvalue weighted by atomic mass is 10.1. The lowest BCUT2D eigenvalue weighted by Crippen LogP contribution is -2.44. The van der Waals surface area contributed by atoms with Gasteiger partial charge in [-0.3, -0.25) is 9.69 Å². The Morgan fingerprint density at radius 2 is 1.88 bits per heavy atom. The van der Waals surface area contributed by atoms with Crippen molar-refractivity contribution in [2.75, 3.05) is 37.4 Å². The maximum atomic E-state index is 12.9. The highest BCUT2D eigenvalue weighted by molar-refractivity contribution is 5.82. The van der Waals surface area contributed by atoms with Gasteiger partial charge in [-0.05, 0) is 49.2 Å². The molecule has 0 aliphatic carbocycles. The summed E-state index contributed by atoms with van der Waals surface area (Å²) in [6, 6.07) is 15.5. The Bertz CT molecular complexity index is 1170. The number of hydrogen-bond donors (Lipinski definition) is 3. The molecule has 3 heterocycles. The first-order chi connectivity index (χ1) is 16.7. The molecule has 1 amide bonds. The maximum Gasteiger partial charge on any atom is 0.237 e. The molecule has 3 aromatic rings. The van der Waals surface area contributed by atoms with Gasteiger partial charge in [0.15, 0.2) is 11.5 Å². The van der Waals surface area contributed by atoms with Gasteiger partial charge in [-0.2, -0.15) is 0 Å². The Labute approximate surface area is 198 Å². The van der Waals surface area contributed by atoms with Crippen molar-refractivity contribution < 1.29 is 14.3 Å². The van der Waals surface area contributed by atoms with E-state index < -0.39 is 0 Å². The summed E-state index contributed by atoms with van der Waals surface area (Å²) in [5.74, 6) is 2.58. The zero-order chi connectivity index (χ0) is 23.3. The van der Waals surface area contributed by atoms with Crippen LogP contribution in [0.3, 0.4) is 0 Å². The predicted molar refractivity (Wildman–Crippen MR) is 130 cm³/mol. The number of ether oxygens (including phenoxy) is 2. The lowest BCUT2D eigenvalue weighted by molar-refractivity contribution is -0.125. The molecular formula is C25H28N6O3. The SMILES string of the molecule is COc1ccc2cc1OCCNC(=O)[C@H]1CCCN1Cc1cccc(c1)Nc1cc(ncn1)N2. The summed E-state index contributed by atoms with van der Waals surface area (Å²) >= 11 is 0. The van der Waals surface area contributed by atoms with E-state index in [-0.39, 0.29) is 11.9 Å². The number of amides is 1. The maximum absolute atomic E-state index is 12.9. The number of aromatic nitrogens is 2. The standard InChI is InChI=1S/C25H28N6O3/c1-33-21-8-7-19-13-22(21)34-11-9-26-25(32)20-6-3-10-31(20)15-17-4-2-5-18(12-17)29-23-14-24(30-19)28-16-27-23/h2,4-5,7-8,12-14,16,20H,3,6,9-11,15H2,1H3,(H,26,32)(H2,27,28,29,30)/t20-/m1/s1. The molecule has 0 radical (unpaired) electrons. The summed E-state index contributed by atoms with van der Waals surface area (Å²) in [6.07, 6.45) is 3.38. The van der Waals surface area contributed by atoms with E-state index in [2.05, 4.69) is 43.0 Å². The molecule has 3 N–H and O–H groups in total. The minimum absolute atomic E-state index is 0.0435. The van der Waals surface area contributed by atoms with Crippen LogP contribution in [0, 0.1) is 0 Å². The number of nitrogens with zero attached hydrogens (tertiary/aromatic N) is 3. The van der Waals surface area contributed by atoms with Crippen LogP contribution < -0.4 is 25.4 Å². The Kier molecular flexibility index (Phi) is 6.44. The number of hydrogen-bond acceptors (Lipinski definition) is 8. The second kappa shape index (κ2) is 9.96. The number of carbonyl (C=O) groups is 1. The van der Waals surface area contributed by atoms with Crippen molar-refractivity contribution in [1.82, 2.24) is 20.2 Å². The number of rotatable bonds is 1. The van der Waals surface area contributed by atoms with Gasteiger partial charge in [0, 0.05) is 30.1 Å². The molecule has 6 bridgehead atoms. The first kappa shape index (κ1) is 22.0. The van der Waals surface area contributed by atoms with Crippen LogP contribution in [0.15, 0.2) is 54.9 Å². The normalized spacial score (nSPS) is 18.6. The Morgan fingerprint density at radius 1 is 1.06 bits per heavy atom. The Morgan fingerprint density at radius 3 is 2.71 bits per heavy atom. The van der Waals surface area contributed by atoms with E-state index in [0.29, 0.717) is 42.8 Å². The van der Waals surface area contributed by atoms with Crippen molar-refractivity contribution in [2.24, 2.45) is 0 Å². The molecule has 0 saturated carbocycles. The van der Waals surface area contributed by atoms with Crippen LogP contribution >= 0.6 is 0 Å². The molecular weight excluding hydrogens is 432 g/mol. The summed E-state index contributed by atoms with van der Waals surface area (Å²) < 4.78 is 11.4. The first-order valence-corrected chi connectivity index (χ1v) is 11.5. The zero-order valence-electron chi connectivity index (χ0n) is 19.1. The molecule has 9 nitrogen and oxygen atoms in total. The van der Waals surface area contributed by atoms with E-state index >= 15 is 0 Å². The van der Waals surface area contributed by atoms with Crippen LogP contribution in [-0.4, -0.2) is 53.6 Å². The molecule has 0 unspecified atom stereocenters. The molecule has 1 atom stereocenters. The zero-order valence-corrected chi connectivity index (χ0v) is 19.1. The average Bonchev–Trinajstić information content (AvgIpc) is 3.30. The molecule has 1 fully saturated rings. The molecule has 5 rings (SSSR count). The van der Waals surface area contributed by atoms with Gasteiger partial charge in [0.1, 0.15) is 24.6 Å². The van der Waals surface area contributed by atoms with E-state index in [4.69, 9.17) is 9.47 Å². The molecule has 9 heteroatoms. The van der Waals surface area contributed by atoms with Crippen molar-refractivity contribution in [2.45, 2.75) is 25.4 Å². The molecule has 34 heavy (non-hydrogen) atoms. The summed E-state index contributed by atoms with van der Waals surface area (Å²) in [5, 5.41) is 9.68. The van der Waals surface area contributed by atoms with Gasteiger partial charge in [0.05, 0.1) is 19.7 Å². The summed E-state index contributed by atoms with van der Waals surface area (Å²) in [4.78, 5) is 23.8. The number of benzene rings is 2. The highest BCUT2D eigenvalue weighted by Crippen LogP contribution is 2.31. The Balaban J connectivity index is 1.46. The molecule has 176 valence electrons. The minimum Gasteiger partial charge on any atom is -0.493 e. The molecule has 0 spiro atoms. The summed E-state index contributed by atoms with van der Waals surface area (Å²) in [5.41, 5.74) is 2.87. The van der Waals surface area contributed by atoms with Crippen molar-refractivity contribution in [3.8, 4) is 11.5 Å². The second-order valence-electron chi connectivity index (χ2n) is 8.37. The second-order valence-corrected chi connectivity index (χ2v) is 8.37. The Hall–Kier alpha value is -3.85. The van der Waals surface area contributed by atoms with Crippen molar-refractivity contribution in [3.63, 3.8) is 0 Å². The van der Waals surface area contributed by atoms with E-state index in [9.17, 15) is 4.79 Å². The molecule has 1 aromatic heterocycles. The van der Waals surface area contributed by atoms with Gasteiger partial charge in [0.2, 0.25) is 5.91 Å². The summed E-state index contributed by atoms with van der Waals surface area (Å²) in [7, 11) is 1.60. The minimum atomic E-state index is -0.134. The van der Waals surface area contributed by atoms with Crippen LogP contribution in [0.25, 0.3) is 0 Å². The number of fused-ring (bicyclic) bond motifs is 7. The third-order valence-corrected chi connectivity index (χ3v) is 6.01. The van der Waals surface area contributed by atoms with Crippen molar-refractivity contribution in [1.29, 1.82) is 0 Å². The average molecular weight is 461 g/mol. The summed E-state index contributed by atoms with van der Waals surface area (Å²) in [6.45, 7) is 2.36. The first-order valence-electron chi connectivity index (χ1n) is 11.5. The van der Waals surface area contributed by atoms with E-state index in [1.54, 1.807) is 7.11 Å². The highest BCUT2D eigenvalue weighted by atomic mass is 16.5. The van der Waals surface area contributed by atoms with Crippen LogP contribution in [0.5, 0.6) is 11.5 Å². The van der Waals surface area contributed by atoms with Gasteiger partial charge in [0.25, 0.3) is 0 Å². The van der Waals surface area contributed by atoms with Gasteiger partial charge < -0.3 is 25.4 Å². The van der Waals surface area contributed by atoms with Crippen molar-refractivity contribution >= 4 is 28.9 Å². The van der Waals surface area contributed by atoms with Crippen LogP contribution in [0.2, 0.25) is 0 Å². The largest absolute Gasteiger partial charge is 0.493 e. The number of nitrogens with one attached hydrogen (secondary N) is 3. The predicted octanol–water partition coefficient (Wildman–Crippen LogP) is 3.45. The molecule has 2 aliphatic heterocycles. The van der Waals surface area contributed by atoms with Gasteiger partial charge >= 0.3 is 0 Å². The van der Waals surface area contributed by atoms with E-state index in [0.717, 1.165) is 36.3 Å². The number of anilines is 4. The van der Waals surface area contributed by atoms with Crippen LogP contribution in [0.1, 0.15) is 18.4 Å². The topological polar surface area (TPSA) is 101 Å². The fourth-order valence-corrected chi connectivity index (χ4v) is 4.40. The smallest absolute Gasteiger partial charge is 0.237 e. The van der Waals surface area contributed by atoms with Crippen LogP contribution in [0.4, 0.5) is 23.0 Å². The quantitative estimate of drug-likeness (QED) is 0.508. The van der Waals surface area contributed by atoms with E-state index in [1.807, 2.05) is 36.4 Å². The third kappa shape index (κ3) is 5.04. The monoisotopic (exact) mass is 460 g/mol.